The van der Waals surface area contributed by atoms with Gasteiger partial charge in [0.05, 0.1) is 5.92 Å². The number of carbonyl (C=O) groups is 2. The highest BCUT2D eigenvalue weighted by molar-refractivity contribution is 5.89. The molecule has 0 aromatic heterocycles. The predicted octanol–water partition coefficient (Wildman–Crippen LogP) is 3.23. The van der Waals surface area contributed by atoms with E-state index in [4.69, 9.17) is 0 Å². The number of aryl methyl sites for hydroxylation is 1. The van der Waals surface area contributed by atoms with E-state index in [2.05, 4.69) is 5.32 Å². The Hall–Kier alpha value is -2.69. The lowest BCUT2D eigenvalue weighted by Gasteiger charge is -2.19. The maximum absolute atomic E-state index is 13.8. The van der Waals surface area contributed by atoms with Crippen LogP contribution >= 0.6 is 0 Å². The van der Waals surface area contributed by atoms with Crippen LogP contribution in [0.3, 0.4) is 0 Å². The van der Waals surface area contributed by atoms with Crippen molar-refractivity contribution in [3.63, 3.8) is 0 Å². The summed E-state index contributed by atoms with van der Waals surface area (Å²) in [6.45, 7) is 4.82. The number of halogens is 1. The largest absolute Gasteiger partial charge is 0.353 e. The van der Waals surface area contributed by atoms with Crippen LogP contribution in [0.4, 0.5) is 4.39 Å². The molecule has 3 rings (SSSR count). The first kappa shape index (κ1) is 19.1. The average Bonchev–Trinajstić information content (AvgIpc) is 3.00. The molecule has 0 saturated carbocycles. The first-order valence-corrected chi connectivity index (χ1v) is 9.29. The van der Waals surface area contributed by atoms with Crippen molar-refractivity contribution in [3.05, 3.63) is 71.0 Å². The Bertz CT molecular complexity index is 819. The van der Waals surface area contributed by atoms with Crippen LogP contribution in [-0.4, -0.2) is 29.3 Å². The zero-order chi connectivity index (χ0) is 19.4. The van der Waals surface area contributed by atoms with Crippen LogP contribution in [-0.2, 0) is 22.6 Å². The summed E-state index contributed by atoms with van der Waals surface area (Å²) in [6.07, 6.45) is 0.649. The summed E-state index contributed by atoms with van der Waals surface area (Å²) >= 11 is 0. The Morgan fingerprint density at radius 3 is 2.63 bits per heavy atom. The van der Waals surface area contributed by atoms with Crippen molar-refractivity contribution in [1.29, 1.82) is 0 Å². The summed E-state index contributed by atoms with van der Waals surface area (Å²) in [6, 6.07) is 14.4. The minimum absolute atomic E-state index is 0.00233. The molecular formula is C22H25FN2O2. The number of benzene rings is 2. The van der Waals surface area contributed by atoms with Crippen LogP contribution in [0.2, 0.25) is 0 Å². The molecule has 4 nitrogen and oxygen atoms in total. The van der Waals surface area contributed by atoms with Crippen LogP contribution in [0.1, 0.15) is 30.0 Å². The lowest BCUT2D eigenvalue weighted by atomic mass is 10.0. The molecule has 2 atom stereocenters. The summed E-state index contributed by atoms with van der Waals surface area (Å²) < 4.78 is 13.8. The van der Waals surface area contributed by atoms with E-state index in [0.29, 0.717) is 25.1 Å². The molecular weight excluding hydrogens is 343 g/mol. The van der Waals surface area contributed by atoms with Gasteiger partial charge in [-0.25, -0.2) is 4.39 Å². The van der Waals surface area contributed by atoms with Crippen LogP contribution in [0, 0.1) is 18.7 Å². The number of hydrogen-bond acceptors (Lipinski definition) is 2. The van der Waals surface area contributed by atoms with Gasteiger partial charge in [0, 0.05) is 25.6 Å². The second kappa shape index (κ2) is 8.33. The molecule has 1 fully saturated rings. The standard InChI is InChI=1S/C22H25FN2O2/c1-15-7-9-17(10-8-15)13-25-14-19(12-21(25)26)22(27)24-16(2)11-18-5-3-4-6-20(18)23/h3-10,16,19H,11-14H2,1-2H3,(H,24,27). The first-order chi connectivity index (χ1) is 12.9. The molecule has 1 N–H and O–H groups in total. The summed E-state index contributed by atoms with van der Waals surface area (Å²) in [5.41, 5.74) is 2.81. The highest BCUT2D eigenvalue weighted by Crippen LogP contribution is 2.21. The summed E-state index contributed by atoms with van der Waals surface area (Å²) in [5.74, 6) is -0.763. The Morgan fingerprint density at radius 1 is 1.22 bits per heavy atom. The molecule has 1 heterocycles. The molecule has 142 valence electrons. The van der Waals surface area contributed by atoms with E-state index in [9.17, 15) is 14.0 Å². The molecule has 1 aliphatic rings. The molecule has 2 amide bonds. The topological polar surface area (TPSA) is 49.4 Å². The monoisotopic (exact) mass is 368 g/mol. The van der Waals surface area contributed by atoms with Crippen molar-refractivity contribution in [1.82, 2.24) is 10.2 Å². The van der Waals surface area contributed by atoms with Gasteiger partial charge in [-0.1, -0.05) is 48.0 Å². The third-order valence-electron chi connectivity index (χ3n) is 4.95. The Labute approximate surface area is 159 Å². The Kier molecular flexibility index (Phi) is 5.89. The lowest BCUT2D eigenvalue weighted by molar-refractivity contribution is -0.129. The molecule has 0 bridgehead atoms. The fraction of sp³-hybridized carbons (Fsp3) is 0.364. The van der Waals surface area contributed by atoms with Crippen molar-refractivity contribution in [2.24, 2.45) is 5.92 Å². The van der Waals surface area contributed by atoms with Gasteiger partial charge in [-0.05, 0) is 37.5 Å². The number of carbonyl (C=O) groups excluding carboxylic acids is 2. The number of rotatable bonds is 6. The van der Waals surface area contributed by atoms with E-state index < -0.39 is 0 Å². The Balaban J connectivity index is 1.54. The van der Waals surface area contributed by atoms with E-state index in [1.54, 1.807) is 23.1 Å². The molecule has 0 aliphatic carbocycles. The maximum atomic E-state index is 13.8. The molecule has 2 unspecified atom stereocenters. The molecule has 0 spiro atoms. The van der Waals surface area contributed by atoms with Crippen LogP contribution in [0.25, 0.3) is 0 Å². The van der Waals surface area contributed by atoms with Gasteiger partial charge in [0.15, 0.2) is 0 Å². The number of amides is 2. The van der Waals surface area contributed by atoms with Gasteiger partial charge in [-0.15, -0.1) is 0 Å². The number of hydrogen-bond donors (Lipinski definition) is 1. The van der Waals surface area contributed by atoms with E-state index >= 15 is 0 Å². The van der Waals surface area contributed by atoms with Gasteiger partial charge in [-0.2, -0.15) is 0 Å². The quantitative estimate of drug-likeness (QED) is 0.851. The third kappa shape index (κ3) is 4.94. The van der Waals surface area contributed by atoms with Crippen molar-refractivity contribution < 1.29 is 14.0 Å². The zero-order valence-electron chi connectivity index (χ0n) is 15.7. The number of nitrogens with one attached hydrogen (secondary N) is 1. The summed E-state index contributed by atoms with van der Waals surface area (Å²) in [4.78, 5) is 26.5. The SMILES string of the molecule is Cc1ccc(CN2CC(C(=O)NC(C)Cc3ccccc3F)CC2=O)cc1. The number of nitrogens with zero attached hydrogens (tertiary/aromatic N) is 1. The fourth-order valence-corrected chi connectivity index (χ4v) is 3.42. The maximum Gasteiger partial charge on any atom is 0.225 e. The van der Waals surface area contributed by atoms with Gasteiger partial charge in [0.25, 0.3) is 0 Å². The fourth-order valence-electron chi connectivity index (χ4n) is 3.42. The molecule has 1 saturated heterocycles. The van der Waals surface area contributed by atoms with Gasteiger partial charge in [-0.3, -0.25) is 9.59 Å². The summed E-state index contributed by atoms with van der Waals surface area (Å²) in [5, 5.41) is 2.93. The van der Waals surface area contributed by atoms with Crippen molar-refractivity contribution >= 4 is 11.8 Å². The average molecular weight is 368 g/mol. The van der Waals surface area contributed by atoms with Gasteiger partial charge >= 0.3 is 0 Å². The lowest BCUT2D eigenvalue weighted by Crippen LogP contribution is -2.39. The van der Waals surface area contributed by atoms with Crippen LogP contribution in [0.15, 0.2) is 48.5 Å². The van der Waals surface area contributed by atoms with Crippen molar-refractivity contribution in [2.45, 2.75) is 39.3 Å². The molecule has 27 heavy (non-hydrogen) atoms. The first-order valence-electron chi connectivity index (χ1n) is 9.29. The van der Waals surface area contributed by atoms with E-state index in [0.717, 1.165) is 5.56 Å². The molecule has 2 aromatic rings. The van der Waals surface area contributed by atoms with Gasteiger partial charge in [0.2, 0.25) is 11.8 Å². The minimum atomic E-state index is -0.356. The van der Waals surface area contributed by atoms with E-state index in [1.807, 2.05) is 38.1 Å². The second-order valence-electron chi connectivity index (χ2n) is 7.37. The van der Waals surface area contributed by atoms with Crippen LogP contribution < -0.4 is 5.32 Å². The van der Waals surface area contributed by atoms with Crippen molar-refractivity contribution in [2.75, 3.05) is 6.54 Å². The number of likely N-dealkylation sites (tertiary alicyclic amines) is 1. The van der Waals surface area contributed by atoms with Gasteiger partial charge in [0.1, 0.15) is 5.82 Å². The highest BCUT2D eigenvalue weighted by atomic mass is 19.1. The minimum Gasteiger partial charge on any atom is -0.353 e. The highest BCUT2D eigenvalue weighted by Gasteiger charge is 2.34. The zero-order valence-corrected chi connectivity index (χ0v) is 15.7. The third-order valence-corrected chi connectivity index (χ3v) is 4.95. The van der Waals surface area contributed by atoms with Gasteiger partial charge < -0.3 is 10.2 Å². The second-order valence-corrected chi connectivity index (χ2v) is 7.37. The molecule has 0 radical (unpaired) electrons. The smallest absolute Gasteiger partial charge is 0.225 e. The molecule has 5 heteroatoms. The molecule has 1 aliphatic heterocycles. The molecule has 2 aromatic carbocycles. The predicted molar refractivity (Wildman–Crippen MR) is 102 cm³/mol. The van der Waals surface area contributed by atoms with E-state index in [-0.39, 0.29) is 36.0 Å². The Morgan fingerprint density at radius 2 is 1.93 bits per heavy atom. The normalized spacial score (nSPS) is 17.8. The van der Waals surface area contributed by atoms with Crippen molar-refractivity contribution in [3.8, 4) is 0 Å². The van der Waals surface area contributed by atoms with E-state index in [1.165, 1.54) is 11.6 Å². The van der Waals surface area contributed by atoms with Crippen LogP contribution in [0.5, 0.6) is 0 Å². The summed E-state index contributed by atoms with van der Waals surface area (Å²) in [7, 11) is 0.